The van der Waals surface area contributed by atoms with Gasteiger partial charge in [-0.05, 0) is 130 Å². The molecule has 0 radical (unpaired) electrons. The molecule has 0 saturated carbocycles. The molecule has 22 heteroatoms. The summed E-state index contributed by atoms with van der Waals surface area (Å²) in [5.41, 5.74) is 7.34. The molecule has 4 amide bonds. The largest absolute Gasteiger partial charge is 0.456 e. The highest BCUT2D eigenvalue weighted by Crippen LogP contribution is 2.34. The monoisotopic (exact) mass is 1400 g/mol. The third kappa shape index (κ3) is 22.9. The molecule has 0 aliphatic heterocycles. The molecule has 500 valence electrons. The standard InChI is InChI=1S/C20H13ClN2O2.C20H15F3N2O2.2C19H15ClN2O2/c1-2-14-5-3-6-15(9-14)20(24)23-17-7-4-8-18(11-17)25-19-10-16(21)12-22-13-19;1-13-4-2-5-14(8-13)19(26)25-16-6-3-7-17(10-16)27-18-9-15(11-24-12-18)20(21,22)23;2*1-13-4-2-5-14(8-13)19(23)22-16-6-3-7-17(10-16)24-18-9-15(20)11-21-12-18/h1,3-13H,(H,23,24);2-12H,1H3,(H,25,26);2*2-12H,1H3,(H,22,23). The zero-order valence-electron chi connectivity index (χ0n) is 53.3. The minimum Gasteiger partial charge on any atom is -0.456 e. The first-order chi connectivity index (χ1) is 48.1. The second-order valence-corrected chi connectivity index (χ2v) is 22.9. The average Bonchev–Trinajstić information content (AvgIpc) is 0.889. The van der Waals surface area contributed by atoms with E-state index in [-0.39, 0.29) is 35.1 Å². The molecule has 12 rings (SSSR count). The number of carbonyl (C=O) groups is 4. The number of aryl methyl sites for hydroxylation is 3. The molecule has 100 heavy (non-hydrogen) atoms. The lowest BCUT2D eigenvalue weighted by Crippen LogP contribution is -2.11. The predicted octanol–water partition coefficient (Wildman–Crippen LogP) is 20.4. The quantitative estimate of drug-likeness (QED) is 0.0667. The van der Waals surface area contributed by atoms with E-state index in [2.05, 4.69) is 47.1 Å². The van der Waals surface area contributed by atoms with Crippen LogP contribution in [0.4, 0.5) is 35.9 Å². The van der Waals surface area contributed by atoms with Gasteiger partial charge < -0.3 is 40.2 Å². The maximum Gasteiger partial charge on any atom is 0.418 e. The molecule has 4 aromatic heterocycles. The number of nitrogens with zero attached hydrogens (tertiary/aromatic N) is 4. The van der Waals surface area contributed by atoms with E-state index in [0.717, 1.165) is 29.0 Å². The van der Waals surface area contributed by atoms with Crippen molar-refractivity contribution in [3.63, 3.8) is 0 Å². The van der Waals surface area contributed by atoms with E-state index < -0.39 is 11.7 Å². The van der Waals surface area contributed by atoms with Gasteiger partial charge in [-0.15, -0.1) is 6.42 Å². The van der Waals surface area contributed by atoms with Crippen molar-refractivity contribution >= 4 is 81.2 Å². The summed E-state index contributed by atoms with van der Waals surface area (Å²) in [5, 5.41) is 12.8. The minimum absolute atomic E-state index is 0.0491. The van der Waals surface area contributed by atoms with Gasteiger partial charge in [-0.25, -0.2) is 0 Å². The number of terminal acetylenes is 1. The van der Waals surface area contributed by atoms with Crippen molar-refractivity contribution in [2.24, 2.45) is 0 Å². The fourth-order valence-corrected chi connectivity index (χ4v) is 9.48. The van der Waals surface area contributed by atoms with E-state index in [0.29, 0.717) is 100 Å². The molecule has 0 bridgehead atoms. The number of carbonyl (C=O) groups excluding carboxylic acids is 4. The van der Waals surface area contributed by atoms with Crippen LogP contribution in [-0.2, 0) is 6.18 Å². The number of rotatable bonds is 16. The molecule has 0 atom stereocenters. The second-order valence-electron chi connectivity index (χ2n) is 21.6. The average molecular weight is 1400 g/mol. The number of hydrogen-bond donors (Lipinski definition) is 4. The number of halogens is 6. The van der Waals surface area contributed by atoms with E-state index in [1.807, 2.05) is 63.2 Å². The second kappa shape index (κ2) is 35.1. The van der Waals surface area contributed by atoms with Crippen LogP contribution in [0.25, 0.3) is 0 Å². The smallest absolute Gasteiger partial charge is 0.418 e. The van der Waals surface area contributed by atoms with Gasteiger partial charge >= 0.3 is 6.18 Å². The summed E-state index contributed by atoms with van der Waals surface area (Å²) in [7, 11) is 0. The fraction of sp³-hybridized carbons (Fsp3) is 0.0513. The number of hydrogen-bond acceptors (Lipinski definition) is 12. The lowest BCUT2D eigenvalue weighted by Gasteiger charge is -2.11. The Kier molecular flexibility index (Phi) is 25.2. The summed E-state index contributed by atoms with van der Waals surface area (Å²) in [4.78, 5) is 64.7. The highest BCUT2D eigenvalue weighted by Gasteiger charge is 2.31. The van der Waals surface area contributed by atoms with Crippen LogP contribution in [0.3, 0.4) is 0 Å². The number of anilines is 4. The maximum absolute atomic E-state index is 12.8. The van der Waals surface area contributed by atoms with Gasteiger partial charge in [0.25, 0.3) is 23.6 Å². The first-order valence-electron chi connectivity index (χ1n) is 30.1. The molecule has 4 heterocycles. The third-order valence-corrected chi connectivity index (χ3v) is 14.1. The lowest BCUT2D eigenvalue weighted by molar-refractivity contribution is -0.137. The van der Waals surface area contributed by atoms with Gasteiger partial charge in [0.2, 0.25) is 0 Å². The van der Waals surface area contributed by atoms with Crippen LogP contribution in [0.5, 0.6) is 46.0 Å². The van der Waals surface area contributed by atoms with Gasteiger partial charge in [-0.2, -0.15) is 13.2 Å². The summed E-state index contributed by atoms with van der Waals surface area (Å²) < 4.78 is 60.8. The highest BCUT2D eigenvalue weighted by molar-refractivity contribution is 6.31. The Morgan fingerprint density at radius 2 is 0.630 bits per heavy atom. The molecule has 0 saturated heterocycles. The first kappa shape index (κ1) is 71.9. The lowest BCUT2D eigenvalue weighted by atomic mass is 10.1. The summed E-state index contributed by atoms with van der Waals surface area (Å²) in [6.45, 7) is 5.78. The van der Waals surface area contributed by atoms with Crippen LogP contribution in [0.15, 0.2) is 268 Å². The number of nitrogens with one attached hydrogen (secondary N) is 4. The third-order valence-electron chi connectivity index (χ3n) is 13.5. The van der Waals surface area contributed by atoms with E-state index in [9.17, 15) is 32.3 Å². The summed E-state index contributed by atoms with van der Waals surface area (Å²) in [6.07, 6.45) is 12.1. The molecular weight excluding hydrogens is 1340 g/mol. The Hall–Kier alpha value is -12.3. The van der Waals surface area contributed by atoms with Crippen LogP contribution in [0.1, 0.15) is 69.2 Å². The maximum atomic E-state index is 12.8. The number of alkyl halides is 3. The Labute approximate surface area is 588 Å². The Bertz CT molecular complexity index is 4780. The van der Waals surface area contributed by atoms with Crippen molar-refractivity contribution < 1.29 is 51.3 Å². The molecule has 0 aliphatic rings. The number of amides is 4. The van der Waals surface area contributed by atoms with Crippen LogP contribution in [-0.4, -0.2) is 43.6 Å². The van der Waals surface area contributed by atoms with Crippen LogP contribution in [0, 0.1) is 33.1 Å². The molecule has 0 fully saturated rings. The number of aromatic nitrogens is 4. The van der Waals surface area contributed by atoms with Crippen molar-refractivity contribution in [1.29, 1.82) is 0 Å². The topological polar surface area (TPSA) is 205 Å². The first-order valence-corrected chi connectivity index (χ1v) is 31.3. The van der Waals surface area contributed by atoms with Gasteiger partial charge in [0, 0.05) is 118 Å². The molecular formula is C78H58Cl3F3N8O8. The van der Waals surface area contributed by atoms with Crippen molar-refractivity contribution in [3.8, 4) is 58.3 Å². The molecule has 0 unspecified atom stereocenters. The summed E-state index contributed by atoms with van der Waals surface area (Å²) in [5.74, 6) is 5.16. The Morgan fingerprint density at radius 3 is 0.920 bits per heavy atom. The van der Waals surface area contributed by atoms with Crippen LogP contribution < -0.4 is 40.2 Å². The summed E-state index contributed by atoms with van der Waals surface area (Å²) in [6, 6.07) is 62.4. The van der Waals surface area contributed by atoms with Crippen molar-refractivity contribution in [3.05, 3.63) is 333 Å². The predicted molar refractivity (Wildman–Crippen MR) is 383 cm³/mol. The SMILES string of the molecule is C#Cc1cccc(C(=O)Nc2cccc(Oc3cncc(Cl)c3)c2)c1.Cc1cccc(C(=O)Nc2cccc(Oc3cncc(C(F)(F)F)c3)c2)c1.Cc1cccc(C(=O)Nc2cccc(Oc3cncc(Cl)c3)c2)c1.Cc1cccc(C(=O)Nc2cccc(Oc3cncc(Cl)c3)c2)c1. The molecule has 4 N–H and O–H groups in total. The van der Waals surface area contributed by atoms with Crippen molar-refractivity contribution in [2.45, 2.75) is 26.9 Å². The van der Waals surface area contributed by atoms with Gasteiger partial charge in [0.15, 0.2) is 0 Å². The van der Waals surface area contributed by atoms with Crippen molar-refractivity contribution in [2.75, 3.05) is 21.3 Å². The number of benzene rings is 8. The van der Waals surface area contributed by atoms with Gasteiger partial charge in [-0.3, -0.25) is 39.1 Å². The number of pyridine rings is 4. The summed E-state index contributed by atoms with van der Waals surface area (Å²) >= 11 is 17.7. The Morgan fingerprint density at radius 1 is 0.350 bits per heavy atom. The van der Waals surface area contributed by atoms with Crippen molar-refractivity contribution in [1.82, 2.24) is 19.9 Å². The molecule has 8 aromatic carbocycles. The molecule has 16 nitrogen and oxygen atoms in total. The van der Waals surface area contributed by atoms with E-state index in [1.165, 1.54) is 30.9 Å². The zero-order chi connectivity index (χ0) is 71.0. The molecule has 0 spiro atoms. The molecule has 12 aromatic rings. The van der Waals surface area contributed by atoms with Gasteiger partial charge in [0.1, 0.15) is 46.0 Å². The van der Waals surface area contributed by atoms with Gasteiger partial charge in [0.05, 0.1) is 45.4 Å². The van der Waals surface area contributed by atoms with E-state index in [1.54, 1.807) is 182 Å². The fourth-order valence-electron chi connectivity index (χ4n) is 8.99. The van der Waals surface area contributed by atoms with Gasteiger partial charge in [-0.1, -0.05) is 124 Å². The molecule has 0 aliphatic carbocycles. The normalized spacial score (nSPS) is 10.4. The zero-order valence-corrected chi connectivity index (χ0v) is 55.6. The van der Waals surface area contributed by atoms with Crippen LogP contribution >= 0.6 is 34.8 Å². The minimum atomic E-state index is -4.50. The number of ether oxygens (including phenoxy) is 4. The van der Waals surface area contributed by atoms with Crippen LogP contribution in [0.2, 0.25) is 15.1 Å². The Balaban J connectivity index is 0.000000156. The van der Waals surface area contributed by atoms with E-state index >= 15 is 0 Å². The highest BCUT2D eigenvalue weighted by atomic mass is 35.5. The van der Waals surface area contributed by atoms with E-state index in [4.69, 9.17) is 60.2 Å².